The van der Waals surface area contributed by atoms with Crippen LogP contribution in [0.3, 0.4) is 0 Å². The molecule has 42 valence electrons. The van der Waals surface area contributed by atoms with Crippen molar-refractivity contribution < 1.29 is 8.50 Å². The molecule has 0 aromatic carbocycles. The van der Waals surface area contributed by atoms with Crippen LogP contribution in [0.1, 0.15) is 9.68 Å². The van der Waals surface area contributed by atoms with Crippen LogP contribution in [0, 0.1) is 12.7 Å². The number of rotatable bonds is 0. The molecule has 1 rings (SSSR count). The maximum absolute atomic E-state index is 12.8. The van der Waals surface area contributed by atoms with Crippen LogP contribution in [0.15, 0.2) is 18.4 Å². The Balaban J connectivity index is 3.46. The number of halogens is 1. The summed E-state index contributed by atoms with van der Waals surface area (Å²) in [5, 5.41) is 0. The highest BCUT2D eigenvalue weighted by Gasteiger charge is 1.89. The average molecular weight is 114 g/mol. The van der Waals surface area contributed by atoms with Crippen LogP contribution in [-0.4, -0.2) is 4.98 Å². The first kappa shape index (κ1) is 2.58. The zero-order chi connectivity index (χ0) is 8.59. The lowest BCUT2D eigenvalue weighted by Crippen LogP contribution is -1.80. The van der Waals surface area contributed by atoms with Gasteiger partial charge in [-0.05, 0) is 13.0 Å². The Hall–Kier alpha value is -0.920. The van der Waals surface area contributed by atoms with Gasteiger partial charge in [0.25, 0.3) is 0 Å². The standard InChI is InChI=1S/C6H6FN/c1-5-4-8-3-2-6(5)7/h2-4H,1H3/i2D,3D,4D. The van der Waals surface area contributed by atoms with Gasteiger partial charge in [-0.1, -0.05) is 0 Å². The van der Waals surface area contributed by atoms with Crippen LogP contribution >= 0.6 is 0 Å². The molecule has 0 bridgehead atoms. The first-order valence-corrected chi connectivity index (χ1v) is 2.14. The smallest absolute Gasteiger partial charge is 0.129 e. The summed E-state index contributed by atoms with van der Waals surface area (Å²) in [5.41, 5.74) is 0.0194. The molecule has 8 heavy (non-hydrogen) atoms. The van der Waals surface area contributed by atoms with Gasteiger partial charge >= 0.3 is 0 Å². The summed E-state index contributed by atoms with van der Waals surface area (Å²) in [6, 6.07) is -0.543. The number of hydrogen-bond acceptors (Lipinski definition) is 1. The van der Waals surface area contributed by atoms with Gasteiger partial charge in [-0.25, -0.2) is 4.39 Å². The summed E-state index contributed by atoms with van der Waals surface area (Å²) in [6.45, 7) is 1.36. The van der Waals surface area contributed by atoms with Crippen molar-refractivity contribution in [2.45, 2.75) is 6.92 Å². The lowest BCUT2D eigenvalue weighted by atomic mass is 10.3. The lowest BCUT2D eigenvalue weighted by Gasteiger charge is -1.88. The van der Waals surface area contributed by atoms with Gasteiger partial charge in [0, 0.05) is 17.9 Å². The second-order valence-electron chi connectivity index (χ2n) is 1.40. The van der Waals surface area contributed by atoms with Crippen molar-refractivity contribution >= 4 is 0 Å². The highest BCUT2D eigenvalue weighted by molar-refractivity contribution is 5.08. The average Bonchev–Trinajstić information content (AvgIpc) is 1.97. The van der Waals surface area contributed by atoms with Crippen molar-refractivity contribution in [3.63, 3.8) is 0 Å². The van der Waals surface area contributed by atoms with Crippen molar-refractivity contribution in [3.8, 4) is 0 Å². The summed E-state index contributed by atoms with van der Waals surface area (Å²) in [6.07, 6.45) is -0.762. The molecule has 0 atom stereocenters. The van der Waals surface area contributed by atoms with E-state index in [-0.39, 0.29) is 11.7 Å². The number of aromatic nitrogens is 1. The fraction of sp³-hybridized carbons (Fsp3) is 0.167. The van der Waals surface area contributed by atoms with E-state index in [1.165, 1.54) is 6.92 Å². The minimum atomic E-state index is -0.824. The van der Waals surface area contributed by atoms with E-state index in [4.69, 9.17) is 4.11 Å². The molecule has 0 N–H and O–H groups in total. The molecule has 0 aliphatic heterocycles. The molecule has 1 aromatic rings. The third kappa shape index (κ3) is 0.832. The summed E-state index contributed by atoms with van der Waals surface area (Å²) in [4.78, 5) is 3.34. The van der Waals surface area contributed by atoms with E-state index in [9.17, 15) is 4.39 Å². The molecular weight excluding hydrogens is 105 g/mol. The summed E-state index contributed by atoms with van der Waals surface area (Å²) >= 11 is 0. The van der Waals surface area contributed by atoms with Gasteiger partial charge in [-0.15, -0.1) is 0 Å². The Labute approximate surface area is 51.4 Å². The van der Waals surface area contributed by atoms with Crippen molar-refractivity contribution in [1.29, 1.82) is 0 Å². The quantitative estimate of drug-likeness (QED) is 0.498. The lowest BCUT2D eigenvalue weighted by molar-refractivity contribution is 0.616. The zero-order valence-electron chi connectivity index (χ0n) is 7.33. The van der Waals surface area contributed by atoms with Gasteiger partial charge in [-0.3, -0.25) is 4.98 Å². The van der Waals surface area contributed by atoms with Crippen LogP contribution in [0.25, 0.3) is 0 Å². The molecule has 0 radical (unpaired) electrons. The van der Waals surface area contributed by atoms with Crippen LogP contribution < -0.4 is 0 Å². The number of pyridine rings is 1. The molecular formula is C6H6FN. The molecule has 0 spiro atoms. The van der Waals surface area contributed by atoms with Gasteiger partial charge in [0.2, 0.25) is 0 Å². The normalized spacial score (nSPS) is 14.5. The molecule has 0 aliphatic rings. The van der Waals surface area contributed by atoms with E-state index in [0.29, 0.717) is 0 Å². The minimum absolute atomic E-state index is 0.0194. The Bertz CT molecular complexity index is 274. The van der Waals surface area contributed by atoms with E-state index in [2.05, 4.69) is 4.98 Å². The van der Waals surface area contributed by atoms with Gasteiger partial charge < -0.3 is 0 Å². The Morgan fingerprint density at radius 1 is 1.88 bits per heavy atom. The second kappa shape index (κ2) is 1.90. The third-order valence-corrected chi connectivity index (χ3v) is 0.774. The molecule has 2 heteroatoms. The molecule has 0 fully saturated rings. The Kier molecular flexibility index (Phi) is 0.613. The highest BCUT2D eigenvalue weighted by Crippen LogP contribution is 1.99. The summed E-state index contributed by atoms with van der Waals surface area (Å²) in [7, 11) is 0. The fourth-order valence-corrected chi connectivity index (χ4v) is 0.332. The number of nitrogens with zero attached hydrogens (tertiary/aromatic N) is 1. The minimum Gasteiger partial charge on any atom is -0.264 e. The van der Waals surface area contributed by atoms with E-state index in [1.807, 2.05) is 0 Å². The van der Waals surface area contributed by atoms with Crippen molar-refractivity contribution in [3.05, 3.63) is 29.8 Å². The van der Waals surface area contributed by atoms with E-state index in [1.54, 1.807) is 0 Å². The van der Waals surface area contributed by atoms with E-state index in [0.717, 1.165) is 0 Å². The predicted molar refractivity (Wildman–Crippen MR) is 28.9 cm³/mol. The van der Waals surface area contributed by atoms with Gasteiger partial charge in [0.15, 0.2) is 0 Å². The van der Waals surface area contributed by atoms with Crippen molar-refractivity contribution in [2.24, 2.45) is 0 Å². The molecule has 1 nitrogen and oxygen atoms in total. The van der Waals surface area contributed by atoms with E-state index >= 15 is 0 Å². The van der Waals surface area contributed by atoms with Crippen molar-refractivity contribution in [2.75, 3.05) is 0 Å². The van der Waals surface area contributed by atoms with Gasteiger partial charge in [0.1, 0.15) is 5.82 Å². The van der Waals surface area contributed by atoms with Crippen LogP contribution in [0.2, 0.25) is 0 Å². The second-order valence-corrected chi connectivity index (χ2v) is 1.40. The molecule has 0 amide bonds. The highest BCUT2D eigenvalue weighted by atomic mass is 19.1. The van der Waals surface area contributed by atoms with Crippen LogP contribution in [-0.2, 0) is 0 Å². The summed E-state index contributed by atoms with van der Waals surface area (Å²) < 4.78 is 33.7. The maximum atomic E-state index is 12.8. The monoisotopic (exact) mass is 114 g/mol. The first-order chi connectivity index (χ1) is 5.04. The third-order valence-electron chi connectivity index (χ3n) is 0.774. The van der Waals surface area contributed by atoms with Gasteiger partial charge in [-0.2, -0.15) is 0 Å². The molecule has 0 saturated heterocycles. The van der Waals surface area contributed by atoms with Crippen LogP contribution in [0.4, 0.5) is 4.39 Å². The largest absolute Gasteiger partial charge is 0.264 e. The fourth-order valence-electron chi connectivity index (χ4n) is 0.332. The summed E-state index contributed by atoms with van der Waals surface area (Å²) in [5.74, 6) is -0.824. The Morgan fingerprint density at radius 3 is 3.38 bits per heavy atom. The predicted octanol–water partition coefficient (Wildman–Crippen LogP) is 1.53. The van der Waals surface area contributed by atoms with E-state index < -0.39 is 18.0 Å². The Morgan fingerprint density at radius 2 is 2.62 bits per heavy atom. The van der Waals surface area contributed by atoms with Crippen molar-refractivity contribution in [1.82, 2.24) is 4.98 Å². The van der Waals surface area contributed by atoms with Gasteiger partial charge in [0.05, 0.1) is 4.11 Å². The molecule has 0 unspecified atom stereocenters. The topological polar surface area (TPSA) is 12.9 Å². The molecule has 0 aliphatic carbocycles. The maximum Gasteiger partial charge on any atom is 0.129 e. The number of hydrogen-bond donors (Lipinski definition) is 0. The molecule has 1 aromatic heterocycles. The SMILES string of the molecule is [2H]c1nc([2H])c(C)c(F)c1[2H]. The molecule has 0 saturated carbocycles. The van der Waals surface area contributed by atoms with Crippen LogP contribution in [0.5, 0.6) is 0 Å². The molecule has 1 heterocycles. The zero-order valence-corrected chi connectivity index (χ0v) is 4.33. The first-order valence-electron chi connectivity index (χ1n) is 3.64.